The van der Waals surface area contributed by atoms with Gasteiger partial charge in [-0.15, -0.1) is 0 Å². The van der Waals surface area contributed by atoms with Crippen molar-refractivity contribution >= 4 is 38.6 Å². The maximum absolute atomic E-state index is 14.4. The third kappa shape index (κ3) is 8.08. The number of H-pyrrole nitrogens is 1. The average Bonchev–Trinajstić information content (AvgIpc) is 3.81. The molecule has 6 rings (SSSR count). The predicted molar refractivity (Wildman–Crippen MR) is 193 cm³/mol. The molecule has 11 nitrogen and oxygen atoms in total. The Balaban J connectivity index is 1.33. The number of rotatable bonds is 12. The molecule has 3 amide bonds. The van der Waals surface area contributed by atoms with E-state index in [0.717, 1.165) is 33.2 Å². The summed E-state index contributed by atoms with van der Waals surface area (Å²) < 4.78 is 33.6. The smallest absolute Gasteiger partial charge is 0.264 e. The standard InChI is InChI=1S/C39H37N5O6S/c1-25-19-26(2)21-29(20-25)39(47)44(3)36(22-27-13-15-28(16-14-27)33-17-18-50-42-33)38(46)41-35(23-30-24-40-34-12-8-7-11-32(30)34)37(45)43-51(48,49)31-9-5-4-6-10-31/h4-21,24,35-36,40H,22-23H2,1-3H3,(H,41,46)(H,43,45)/t35-,36+/m0/s1. The van der Waals surface area contributed by atoms with E-state index in [-0.39, 0.29) is 23.6 Å². The number of fused-ring (bicyclic) bond motifs is 1. The van der Waals surface area contributed by atoms with Crippen molar-refractivity contribution in [1.29, 1.82) is 0 Å². The van der Waals surface area contributed by atoms with Crippen molar-refractivity contribution in [3.8, 4) is 11.3 Å². The minimum Gasteiger partial charge on any atom is -0.364 e. The second kappa shape index (κ2) is 14.9. The van der Waals surface area contributed by atoms with Crippen LogP contribution in [-0.4, -0.2) is 60.3 Å². The summed E-state index contributed by atoms with van der Waals surface area (Å²) >= 11 is 0. The summed E-state index contributed by atoms with van der Waals surface area (Å²) in [5.41, 5.74) is 5.92. The zero-order chi connectivity index (χ0) is 36.1. The van der Waals surface area contributed by atoms with E-state index in [1.54, 1.807) is 49.6 Å². The molecule has 0 saturated carbocycles. The van der Waals surface area contributed by atoms with Crippen LogP contribution in [0, 0.1) is 13.8 Å². The average molecular weight is 704 g/mol. The van der Waals surface area contributed by atoms with Crippen LogP contribution >= 0.6 is 0 Å². The molecule has 260 valence electrons. The fourth-order valence-electron chi connectivity index (χ4n) is 6.10. The second-order valence-electron chi connectivity index (χ2n) is 12.5. The quantitative estimate of drug-likeness (QED) is 0.155. The van der Waals surface area contributed by atoms with Gasteiger partial charge in [0.25, 0.3) is 21.8 Å². The van der Waals surface area contributed by atoms with Crippen LogP contribution in [0.4, 0.5) is 0 Å². The Kier molecular flexibility index (Phi) is 10.1. The third-order valence-corrected chi connectivity index (χ3v) is 10.1. The second-order valence-corrected chi connectivity index (χ2v) is 14.2. The molecule has 0 aliphatic carbocycles. The predicted octanol–water partition coefficient (Wildman–Crippen LogP) is 5.36. The number of sulfonamides is 1. The first-order chi connectivity index (χ1) is 24.5. The van der Waals surface area contributed by atoms with Gasteiger partial charge >= 0.3 is 0 Å². The van der Waals surface area contributed by atoms with E-state index in [0.29, 0.717) is 16.8 Å². The molecule has 0 aliphatic rings. The van der Waals surface area contributed by atoms with Crippen molar-refractivity contribution in [1.82, 2.24) is 25.1 Å². The molecule has 2 aromatic heterocycles. The first-order valence-electron chi connectivity index (χ1n) is 16.3. The van der Waals surface area contributed by atoms with Gasteiger partial charge in [-0.25, -0.2) is 13.1 Å². The van der Waals surface area contributed by atoms with Crippen molar-refractivity contribution in [2.45, 2.75) is 43.7 Å². The lowest BCUT2D eigenvalue weighted by Crippen LogP contribution is -2.56. The lowest BCUT2D eigenvalue weighted by molar-refractivity contribution is -0.130. The molecular formula is C39H37N5O6S. The van der Waals surface area contributed by atoms with Crippen LogP contribution in [0.25, 0.3) is 22.2 Å². The van der Waals surface area contributed by atoms with Crippen molar-refractivity contribution in [2.24, 2.45) is 0 Å². The van der Waals surface area contributed by atoms with E-state index in [4.69, 9.17) is 4.52 Å². The normalized spacial score (nSPS) is 12.6. The zero-order valence-electron chi connectivity index (χ0n) is 28.3. The summed E-state index contributed by atoms with van der Waals surface area (Å²) in [6.07, 6.45) is 3.28. The molecule has 2 atom stereocenters. The fraction of sp³-hybridized carbons (Fsp3) is 0.179. The van der Waals surface area contributed by atoms with E-state index in [1.807, 2.05) is 68.4 Å². The van der Waals surface area contributed by atoms with Crippen LogP contribution in [0.2, 0.25) is 0 Å². The summed E-state index contributed by atoms with van der Waals surface area (Å²) in [6.45, 7) is 3.78. The first-order valence-corrected chi connectivity index (χ1v) is 17.8. The summed E-state index contributed by atoms with van der Waals surface area (Å²) in [5.74, 6) is -1.94. The lowest BCUT2D eigenvalue weighted by Gasteiger charge is -2.29. The molecule has 0 fully saturated rings. The van der Waals surface area contributed by atoms with Crippen LogP contribution in [0.3, 0.4) is 0 Å². The third-order valence-electron chi connectivity index (χ3n) is 8.70. The fourth-order valence-corrected chi connectivity index (χ4v) is 7.15. The van der Waals surface area contributed by atoms with Crippen LogP contribution in [0.15, 0.2) is 125 Å². The van der Waals surface area contributed by atoms with Crippen molar-refractivity contribution in [3.05, 3.63) is 143 Å². The molecule has 0 spiro atoms. The van der Waals surface area contributed by atoms with Gasteiger partial charge in [0.1, 0.15) is 24.0 Å². The van der Waals surface area contributed by atoms with E-state index in [9.17, 15) is 22.8 Å². The number of likely N-dealkylation sites (N-methyl/N-ethyl adjacent to an activating group) is 1. The Labute approximate surface area is 295 Å². The van der Waals surface area contributed by atoms with Crippen LogP contribution in [0.5, 0.6) is 0 Å². The van der Waals surface area contributed by atoms with E-state index in [2.05, 4.69) is 20.2 Å². The van der Waals surface area contributed by atoms with Crippen molar-refractivity contribution < 1.29 is 27.3 Å². The molecule has 3 N–H and O–H groups in total. The number of aryl methyl sites for hydroxylation is 2. The zero-order valence-corrected chi connectivity index (χ0v) is 29.1. The molecule has 0 radical (unpaired) electrons. The van der Waals surface area contributed by atoms with Gasteiger partial charge in [-0.05, 0) is 55.3 Å². The highest BCUT2D eigenvalue weighted by molar-refractivity contribution is 7.90. The summed E-state index contributed by atoms with van der Waals surface area (Å²) in [6, 6.07) is 27.1. The number of carbonyl (C=O) groups excluding carboxylic acids is 3. The number of amides is 3. The molecule has 0 aliphatic heterocycles. The van der Waals surface area contributed by atoms with Gasteiger partial charge in [0.2, 0.25) is 5.91 Å². The molecule has 0 unspecified atom stereocenters. The summed E-state index contributed by atoms with van der Waals surface area (Å²) in [7, 11) is -2.72. The number of benzene rings is 4. The van der Waals surface area contributed by atoms with Crippen LogP contribution in [-0.2, 0) is 32.5 Å². The Bertz CT molecular complexity index is 2260. The summed E-state index contributed by atoms with van der Waals surface area (Å²) in [5, 5.41) is 7.61. The Morgan fingerprint density at radius 3 is 2.22 bits per heavy atom. The lowest BCUT2D eigenvalue weighted by atomic mass is 9.99. The largest absolute Gasteiger partial charge is 0.364 e. The van der Waals surface area contributed by atoms with E-state index < -0.39 is 33.9 Å². The van der Waals surface area contributed by atoms with Crippen LogP contribution < -0.4 is 10.0 Å². The van der Waals surface area contributed by atoms with Gasteiger partial charge in [0.05, 0.1) is 4.90 Å². The highest BCUT2D eigenvalue weighted by Gasteiger charge is 2.33. The molecule has 0 saturated heterocycles. The van der Waals surface area contributed by atoms with Gasteiger partial charge in [0, 0.05) is 54.2 Å². The number of aromatic amines is 1. The number of nitrogens with zero attached hydrogens (tertiary/aromatic N) is 2. The number of nitrogens with one attached hydrogen (secondary N) is 3. The number of para-hydroxylation sites is 1. The monoisotopic (exact) mass is 703 g/mol. The van der Waals surface area contributed by atoms with E-state index in [1.165, 1.54) is 23.3 Å². The molecule has 2 heterocycles. The highest BCUT2D eigenvalue weighted by Crippen LogP contribution is 2.22. The Morgan fingerprint density at radius 1 is 0.843 bits per heavy atom. The minimum absolute atomic E-state index is 0.0280. The van der Waals surface area contributed by atoms with Gasteiger partial charge in [-0.1, -0.05) is 83.0 Å². The van der Waals surface area contributed by atoms with Gasteiger partial charge in [0.15, 0.2) is 0 Å². The van der Waals surface area contributed by atoms with Crippen molar-refractivity contribution in [2.75, 3.05) is 7.05 Å². The number of hydrogen-bond donors (Lipinski definition) is 3. The van der Waals surface area contributed by atoms with Crippen LogP contribution in [0.1, 0.15) is 32.6 Å². The minimum atomic E-state index is -4.26. The summed E-state index contributed by atoms with van der Waals surface area (Å²) in [4.78, 5) is 46.6. The van der Waals surface area contributed by atoms with Gasteiger partial charge < -0.3 is 19.7 Å². The number of hydrogen-bond acceptors (Lipinski definition) is 7. The maximum Gasteiger partial charge on any atom is 0.264 e. The molecule has 0 bridgehead atoms. The highest BCUT2D eigenvalue weighted by atomic mass is 32.2. The molecular weight excluding hydrogens is 667 g/mol. The first kappa shape index (κ1) is 34.8. The Morgan fingerprint density at radius 2 is 1.53 bits per heavy atom. The molecule has 12 heteroatoms. The van der Waals surface area contributed by atoms with E-state index >= 15 is 0 Å². The maximum atomic E-state index is 14.4. The topological polar surface area (TPSA) is 154 Å². The van der Waals surface area contributed by atoms with Crippen molar-refractivity contribution in [3.63, 3.8) is 0 Å². The van der Waals surface area contributed by atoms with Gasteiger partial charge in [-0.3, -0.25) is 14.4 Å². The molecule has 6 aromatic rings. The molecule has 51 heavy (non-hydrogen) atoms. The number of aromatic nitrogens is 2. The SMILES string of the molecule is Cc1cc(C)cc(C(=O)N(C)[C@H](Cc2ccc(-c3ccon3)cc2)C(=O)N[C@@H](Cc2c[nH]c3ccccc23)C(=O)NS(=O)(=O)c2ccccc2)c1. The van der Waals surface area contributed by atoms with Gasteiger partial charge in [-0.2, -0.15) is 0 Å². The molecule has 4 aromatic carbocycles. The Hall–Kier alpha value is -6.01. The number of carbonyl (C=O) groups is 3.